The van der Waals surface area contributed by atoms with E-state index < -0.39 is 0 Å². The van der Waals surface area contributed by atoms with Gasteiger partial charge in [-0.25, -0.2) is 0 Å². The van der Waals surface area contributed by atoms with Crippen LogP contribution in [-0.2, 0) is 6.42 Å². The molecule has 0 saturated heterocycles. The molecule has 0 amide bonds. The van der Waals surface area contributed by atoms with Crippen LogP contribution >= 0.6 is 11.3 Å². The second-order valence-corrected chi connectivity index (χ2v) is 5.73. The SMILES string of the molecule is CCCCCCCCCCc1ccc(N)s1. The quantitative estimate of drug-likeness (QED) is 0.602. The molecule has 1 heterocycles. The lowest BCUT2D eigenvalue weighted by Crippen LogP contribution is -1.83. The molecular weight excluding hydrogens is 214 g/mol. The molecule has 0 aliphatic rings. The van der Waals surface area contributed by atoms with Gasteiger partial charge in [-0.05, 0) is 25.0 Å². The van der Waals surface area contributed by atoms with E-state index in [9.17, 15) is 0 Å². The summed E-state index contributed by atoms with van der Waals surface area (Å²) in [6, 6.07) is 4.19. The largest absolute Gasteiger partial charge is 0.391 e. The second-order valence-electron chi connectivity index (χ2n) is 4.53. The monoisotopic (exact) mass is 239 g/mol. The molecule has 0 bridgehead atoms. The molecule has 0 atom stereocenters. The molecule has 0 aromatic carbocycles. The lowest BCUT2D eigenvalue weighted by molar-refractivity contribution is 0.576. The minimum absolute atomic E-state index is 0.953. The van der Waals surface area contributed by atoms with E-state index in [0.29, 0.717) is 0 Å². The number of rotatable bonds is 9. The van der Waals surface area contributed by atoms with Crippen LogP contribution in [0.5, 0.6) is 0 Å². The van der Waals surface area contributed by atoms with E-state index in [-0.39, 0.29) is 0 Å². The molecule has 0 spiro atoms. The first-order valence-electron chi connectivity index (χ1n) is 6.67. The fourth-order valence-corrected chi connectivity index (χ4v) is 2.78. The van der Waals surface area contributed by atoms with Crippen LogP contribution in [0.2, 0.25) is 0 Å². The Morgan fingerprint density at radius 2 is 1.56 bits per heavy atom. The zero-order valence-electron chi connectivity index (χ0n) is 10.5. The van der Waals surface area contributed by atoms with Gasteiger partial charge in [-0.1, -0.05) is 51.9 Å². The topological polar surface area (TPSA) is 26.0 Å². The Bertz CT molecular complexity index is 267. The maximum absolute atomic E-state index is 5.70. The minimum atomic E-state index is 0.953. The number of anilines is 1. The van der Waals surface area contributed by atoms with E-state index in [1.54, 1.807) is 11.3 Å². The van der Waals surface area contributed by atoms with Gasteiger partial charge in [0.05, 0.1) is 5.00 Å². The summed E-state index contributed by atoms with van der Waals surface area (Å²) in [4.78, 5) is 1.45. The van der Waals surface area contributed by atoms with Gasteiger partial charge in [-0.2, -0.15) is 0 Å². The number of nitrogens with two attached hydrogens (primary N) is 1. The van der Waals surface area contributed by atoms with Crippen molar-refractivity contribution in [2.24, 2.45) is 0 Å². The van der Waals surface area contributed by atoms with Gasteiger partial charge in [0.1, 0.15) is 0 Å². The third kappa shape index (κ3) is 6.16. The number of unbranched alkanes of at least 4 members (excludes halogenated alkanes) is 7. The Hall–Kier alpha value is -0.500. The van der Waals surface area contributed by atoms with Crippen molar-refractivity contribution in [1.82, 2.24) is 0 Å². The van der Waals surface area contributed by atoms with Crippen molar-refractivity contribution >= 4 is 16.3 Å². The highest BCUT2D eigenvalue weighted by Gasteiger charge is 1.97. The van der Waals surface area contributed by atoms with Gasteiger partial charge < -0.3 is 5.73 Å². The summed E-state index contributed by atoms with van der Waals surface area (Å²) in [6.07, 6.45) is 12.4. The van der Waals surface area contributed by atoms with E-state index in [1.165, 1.54) is 62.7 Å². The summed E-state index contributed by atoms with van der Waals surface area (Å²) in [7, 11) is 0. The van der Waals surface area contributed by atoms with Gasteiger partial charge in [0.15, 0.2) is 0 Å². The van der Waals surface area contributed by atoms with E-state index in [4.69, 9.17) is 5.73 Å². The number of hydrogen-bond acceptors (Lipinski definition) is 2. The van der Waals surface area contributed by atoms with Crippen LogP contribution in [0.4, 0.5) is 5.00 Å². The number of nitrogen functional groups attached to an aromatic ring is 1. The number of thiophene rings is 1. The summed E-state index contributed by atoms with van der Waals surface area (Å²) in [5, 5.41) is 0.953. The van der Waals surface area contributed by atoms with Crippen molar-refractivity contribution in [3.63, 3.8) is 0 Å². The normalized spacial score (nSPS) is 10.8. The molecule has 1 rings (SSSR count). The highest BCUT2D eigenvalue weighted by atomic mass is 32.1. The van der Waals surface area contributed by atoms with Gasteiger partial charge in [0.25, 0.3) is 0 Å². The molecule has 1 aromatic heterocycles. The van der Waals surface area contributed by atoms with E-state index in [1.807, 2.05) is 6.07 Å². The predicted octanol–water partition coefficient (Wildman–Crippen LogP) is 5.01. The number of hydrogen-bond donors (Lipinski definition) is 1. The standard InChI is InChI=1S/C14H25NS/c1-2-3-4-5-6-7-8-9-10-13-11-12-14(15)16-13/h11-12H,2-10,15H2,1H3. The molecule has 0 radical (unpaired) electrons. The highest BCUT2D eigenvalue weighted by molar-refractivity contribution is 7.15. The molecule has 0 aliphatic heterocycles. The Morgan fingerprint density at radius 1 is 0.938 bits per heavy atom. The molecule has 2 heteroatoms. The molecule has 16 heavy (non-hydrogen) atoms. The highest BCUT2D eigenvalue weighted by Crippen LogP contribution is 2.20. The van der Waals surface area contributed by atoms with Gasteiger partial charge in [0.2, 0.25) is 0 Å². The molecular formula is C14H25NS. The molecule has 0 unspecified atom stereocenters. The molecule has 2 N–H and O–H groups in total. The van der Waals surface area contributed by atoms with Crippen LogP contribution in [0.3, 0.4) is 0 Å². The van der Waals surface area contributed by atoms with Crippen molar-refractivity contribution in [3.8, 4) is 0 Å². The lowest BCUT2D eigenvalue weighted by atomic mass is 10.1. The van der Waals surface area contributed by atoms with E-state index >= 15 is 0 Å². The van der Waals surface area contributed by atoms with Gasteiger partial charge in [0, 0.05) is 4.88 Å². The number of aryl methyl sites for hydroxylation is 1. The maximum atomic E-state index is 5.70. The Balaban J connectivity index is 1.88. The summed E-state index contributed by atoms with van der Waals surface area (Å²) < 4.78 is 0. The molecule has 1 aromatic rings. The van der Waals surface area contributed by atoms with Crippen molar-refractivity contribution in [1.29, 1.82) is 0 Å². The Kier molecular flexibility index (Phi) is 7.32. The molecule has 1 nitrogen and oxygen atoms in total. The fourth-order valence-electron chi connectivity index (χ4n) is 1.96. The molecule has 0 saturated carbocycles. The first kappa shape index (κ1) is 13.6. The fraction of sp³-hybridized carbons (Fsp3) is 0.714. The average molecular weight is 239 g/mol. The van der Waals surface area contributed by atoms with E-state index in [0.717, 1.165) is 5.00 Å². The van der Waals surface area contributed by atoms with Crippen LogP contribution < -0.4 is 5.73 Å². The molecule has 92 valence electrons. The smallest absolute Gasteiger partial charge is 0.0859 e. The molecule has 0 fully saturated rings. The third-order valence-corrected chi connectivity index (χ3v) is 3.93. The first-order chi connectivity index (χ1) is 7.83. The van der Waals surface area contributed by atoms with Gasteiger partial charge in [-0.15, -0.1) is 11.3 Å². The zero-order valence-corrected chi connectivity index (χ0v) is 11.3. The average Bonchev–Trinajstić information content (AvgIpc) is 2.68. The third-order valence-electron chi connectivity index (χ3n) is 2.96. The maximum Gasteiger partial charge on any atom is 0.0859 e. The van der Waals surface area contributed by atoms with Crippen LogP contribution in [0.25, 0.3) is 0 Å². The second kappa shape index (κ2) is 8.63. The Labute approximate surface area is 104 Å². The van der Waals surface area contributed by atoms with Gasteiger partial charge >= 0.3 is 0 Å². The zero-order chi connectivity index (χ0) is 11.6. The lowest BCUT2D eigenvalue weighted by Gasteiger charge is -2.00. The van der Waals surface area contributed by atoms with Crippen LogP contribution in [0, 0.1) is 0 Å². The van der Waals surface area contributed by atoms with Crippen LogP contribution in [0.1, 0.15) is 63.2 Å². The van der Waals surface area contributed by atoms with Crippen molar-refractivity contribution in [2.45, 2.75) is 64.7 Å². The summed E-state index contributed by atoms with van der Waals surface area (Å²) in [5.74, 6) is 0. The first-order valence-corrected chi connectivity index (χ1v) is 7.48. The van der Waals surface area contributed by atoms with Crippen LogP contribution in [0.15, 0.2) is 12.1 Å². The minimum Gasteiger partial charge on any atom is -0.391 e. The van der Waals surface area contributed by atoms with E-state index in [2.05, 4.69) is 13.0 Å². The summed E-state index contributed by atoms with van der Waals surface area (Å²) >= 11 is 1.74. The van der Waals surface area contributed by atoms with Crippen molar-refractivity contribution in [2.75, 3.05) is 5.73 Å². The summed E-state index contributed by atoms with van der Waals surface area (Å²) in [5.41, 5.74) is 5.70. The van der Waals surface area contributed by atoms with Crippen molar-refractivity contribution in [3.05, 3.63) is 17.0 Å². The van der Waals surface area contributed by atoms with Crippen LogP contribution in [-0.4, -0.2) is 0 Å². The predicted molar refractivity (Wildman–Crippen MR) is 75.0 cm³/mol. The molecule has 0 aliphatic carbocycles. The summed E-state index contributed by atoms with van der Waals surface area (Å²) in [6.45, 7) is 2.27. The Morgan fingerprint density at radius 3 is 2.12 bits per heavy atom. The van der Waals surface area contributed by atoms with Crippen molar-refractivity contribution < 1.29 is 0 Å². The van der Waals surface area contributed by atoms with Gasteiger partial charge in [-0.3, -0.25) is 0 Å².